The molecule has 0 saturated carbocycles. The fourth-order valence-corrected chi connectivity index (χ4v) is 3.25. The third kappa shape index (κ3) is 2.73. The zero-order chi connectivity index (χ0) is 15.5. The third-order valence-electron chi connectivity index (χ3n) is 3.39. The van der Waals surface area contributed by atoms with Crippen LogP contribution in [0.15, 0.2) is 41.7 Å². The number of hydrogen-bond acceptors (Lipinski definition) is 6. The van der Waals surface area contributed by atoms with Crippen molar-refractivity contribution in [2.75, 3.05) is 17.2 Å². The summed E-state index contributed by atoms with van der Waals surface area (Å²) in [5.74, 6) is 0.188. The first-order valence-corrected chi connectivity index (χ1v) is 7.62. The summed E-state index contributed by atoms with van der Waals surface area (Å²) >= 11 is 1.29. The average molecular weight is 311 g/mol. The number of anilines is 2. The Morgan fingerprint density at radius 1 is 1.36 bits per heavy atom. The van der Waals surface area contributed by atoms with Crippen LogP contribution in [0, 0.1) is 11.3 Å². The molecule has 2 heterocycles. The minimum absolute atomic E-state index is 0.0442. The fraction of sp³-hybridized carbons (Fsp3) is 0.200. The molecule has 3 rings (SSSR count). The Morgan fingerprint density at radius 3 is 2.82 bits per heavy atom. The highest BCUT2D eigenvalue weighted by Crippen LogP contribution is 2.31. The van der Waals surface area contributed by atoms with Crippen LogP contribution in [0.25, 0.3) is 0 Å². The van der Waals surface area contributed by atoms with E-state index in [4.69, 9.17) is 11.0 Å². The lowest BCUT2D eigenvalue weighted by molar-refractivity contribution is -0.116. The number of amides is 1. The molecule has 0 bridgehead atoms. The van der Waals surface area contributed by atoms with E-state index in [-0.39, 0.29) is 22.5 Å². The van der Waals surface area contributed by atoms with Crippen LogP contribution in [0.3, 0.4) is 0 Å². The van der Waals surface area contributed by atoms with Crippen LogP contribution >= 0.6 is 11.8 Å². The summed E-state index contributed by atoms with van der Waals surface area (Å²) in [5.41, 5.74) is 6.82. The highest BCUT2D eigenvalue weighted by Gasteiger charge is 2.33. The lowest BCUT2D eigenvalue weighted by atomic mass is 10.3. The van der Waals surface area contributed by atoms with Crippen molar-refractivity contribution in [2.24, 2.45) is 0 Å². The summed E-state index contributed by atoms with van der Waals surface area (Å²) < 4.78 is 0. The zero-order valence-electron chi connectivity index (χ0n) is 11.6. The molecule has 1 saturated heterocycles. The van der Waals surface area contributed by atoms with Crippen LogP contribution in [-0.2, 0) is 4.79 Å². The van der Waals surface area contributed by atoms with E-state index in [1.165, 1.54) is 18.0 Å². The van der Waals surface area contributed by atoms with Crippen molar-refractivity contribution in [3.8, 4) is 6.07 Å². The molecule has 1 aromatic heterocycles. The van der Waals surface area contributed by atoms with Crippen molar-refractivity contribution in [1.29, 1.82) is 5.26 Å². The monoisotopic (exact) mass is 311 g/mol. The number of nitrogens with two attached hydrogens (primary N) is 1. The number of nitriles is 1. The molecule has 1 amide bonds. The van der Waals surface area contributed by atoms with Gasteiger partial charge in [-0.25, -0.2) is 9.97 Å². The molecule has 2 N–H and O–H groups in total. The highest BCUT2D eigenvalue weighted by molar-refractivity contribution is 8.00. The van der Waals surface area contributed by atoms with Crippen molar-refractivity contribution in [1.82, 2.24) is 9.97 Å². The van der Waals surface area contributed by atoms with Crippen LogP contribution in [0.1, 0.15) is 12.0 Å². The molecule has 1 aliphatic rings. The molecule has 1 unspecified atom stereocenters. The van der Waals surface area contributed by atoms with Gasteiger partial charge in [0, 0.05) is 12.2 Å². The van der Waals surface area contributed by atoms with Gasteiger partial charge in [-0.1, -0.05) is 30.0 Å². The second-order valence-electron chi connectivity index (χ2n) is 4.78. The number of aromatic nitrogens is 2. The van der Waals surface area contributed by atoms with Gasteiger partial charge in [0.05, 0.1) is 11.4 Å². The Morgan fingerprint density at radius 2 is 2.14 bits per heavy atom. The Kier molecular flexibility index (Phi) is 3.94. The normalized spacial score (nSPS) is 17.5. The van der Waals surface area contributed by atoms with E-state index in [0.29, 0.717) is 11.7 Å². The molecule has 110 valence electrons. The van der Waals surface area contributed by atoms with Gasteiger partial charge in [0.15, 0.2) is 5.16 Å². The van der Waals surface area contributed by atoms with Crippen molar-refractivity contribution in [3.05, 3.63) is 42.1 Å². The van der Waals surface area contributed by atoms with E-state index in [0.717, 1.165) is 12.1 Å². The van der Waals surface area contributed by atoms with Gasteiger partial charge in [-0.05, 0) is 18.6 Å². The van der Waals surface area contributed by atoms with E-state index in [2.05, 4.69) is 9.97 Å². The molecule has 1 aliphatic heterocycles. The summed E-state index contributed by atoms with van der Waals surface area (Å²) in [6.07, 6.45) is 2.11. The Hall–Kier alpha value is -2.59. The fourth-order valence-electron chi connectivity index (χ4n) is 2.28. The van der Waals surface area contributed by atoms with Gasteiger partial charge in [-0.2, -0.15) is 5.26 Å². The van der Waals surface area contributed by atoms with Crippen molar-refractivity contribution in [3.63, 3.8) is 0 Å². The van der Waals surface area contributed by atoms with Crippen LogP contribution < -0.4 is 10.6 Å². The molecule has 0 spiro atoms. The molecular weight excluding hydrogens is 298 g/mol. The molecule has 1 atom stereocenters. The molecule has 1 aromatic carbocycles. The first-order valence-electron chi connectivity index (χ1n) is 6.74. The number of nitrogen functional groups attached to an aromatic ring is 1. The zero-order valence-corrected chi connectivity index (χ0v) is 12.5. The Labute approximate surface area is 132 Å². The summed E-state index contributed by atoms with van der Waals surface area (Å²) in [6.45, 7) is 0.673. The summed E-state index contributed by atoms with van der Waals surface area (Å²) in [7, 11) is 0. The van der Waals surface area contributed by atoms with Crippen molar-refractivity contribution in [2.45, 2.75) is 16.8 Å². The summed E-state index contributed by atoms with van der Waals surface area (Å²) in [6, 6.07) is 11.5. The van der Waals surface area contributed by atoms with E-state index >= 15 is 0 Å². The number of thioether (sulfide) groups is 1. The maximum atomic E-state index is 12.5. The number of nitrogens with zero attached hydrogens (tertiary/aromatic N) is 4. The lowest BCUT2D eigenvalue weighted by Crippen LogP contribution is -2.28. The summed E-state index contributed by atoms with van der Waals surface area (Å²) in [5, 5.41) is 9.01. The molecule has 1 fully saturated rings. The van der Waals surface area contributed by atoms with E-state index in [9.17, 15) is 4.79 Å². The SMILES string of the molecule is N#Cc1cnc(SC2CCN(c3ccccc3)C2=O)nc1N. The van der Waals surface area contributed by atoms with Gasteiger partial charge in [0.2, 0.25) is 5.91 Å². The predicted octanol–water partition coefficient (Wildman–Crippen LogP) is 1.83. The van der Waals surface area contributed by atoms with E-state index in [1.807, 2.05) is 36.4 Å². The van der Waals surface area contributed by atoms with Gasteiger partial charge < -0.3 is 10.6 Å². The van der Waals surface area contributed by atoms with Gasteiger partial charge in [0.1, 0.15) is 17.5 Å². The summed E-state index contributed by atoms with van der Waals surface area (Å²) in [4.78, 5) is 22.4. The highest BCUT2D eigenvalue weighted by atomic mass is 32.2. The molecule has 7 heteroatoms. The minimum Gasteiger partial charge on any atom is -0.382 e. The average Bonchev–Trinajstić information content (AvgIpc) is 2.89. The van der Waals surface area contributed by atoms with E-state index < -0.39 is 0 Å². The van der Waals surface area contributed by atoms with Crippen molar-refractivity contribution >= 4 is 29.2 Å². The number of benzene rings is 1. The Balaban J connectivity index is 1.74. The predicted molar refractivity (Wildman–Crippen MR) is 84.2 cm³/mol. The van der Waals surface area contributed by atoms with Crippen LogP contribution in [-0.4, -0.2) is 27.7 Å². The number of hydrogen-bond donors (Lipinski definition) is 1. The van der Waals surface area contributed by atoms with Gasteiger partial charge in [-0.15, -0.1) is 0 Å². The smallest absolute Gasteiger partial charge is 0.240 e. The van der Waals surface area contributed by atoms with Crippen LogP contribution in [0.2, 0.25) is 0 Å². The Bertz CT molecular complexity index is 743. The van der Waals surface area contributed by atoms with Gasteiger partial charge in [0.25, 0.3) is 0 Å². The third-order valence-corrected chi connectivity index (χ3v) is 4.52. The maximum Gasteiger partial charge on any atom is 0.240 e. The maximum absolute atomic E-state index is 12.5. The molecule has 6 nitrogen and oxygen atoms in total. The lowest BCUT2D eigenvalue weighted by Gasteiger charge is -2.16. The molecule has 0 aliphatic carbocycles. The molecular formula is C15H13N5OS. The topological polar surface area (TPSA) is 95.9 Å². The first kappa shape index (κ1) is 14.4. The van der Waals surface area contributed by atoms with Crippen molar-refractivity contribution < 1.29 is 4.79 Å². The number of carbonyl (C=O) groups is 1. The minimum atomic E-state index is -0.229. The first-order chi connectivity index (χ1) is 10.7. The van der Waals surface area contributed by atoms with Gasteiger partial charge in [-0.3, -0.25) is 4.79 Å². The van der Waals surface area contributed by atoms with Crippen LogP contribution in [0.4, 0.5) is 11.5 Å². The largest absolute Gasteiger partial charge is 0.382 e. The van der Waals surface area contributed by atoms with Crippen LogP contribution in [0.5, 0.6) is 0 Å². The number of carbonyl (C=O) groups excluding carboxylic acids is 1. The quantitative estimate of drug-likeness (QED) is 0.869. The second-order valence-corrected chi connectivity index (χ2v) is 5.95. The number of rotatable bonds is 3. The molecule has 2 aromatic rings. The standard InChI is InChI=1S/C15H13N5OS/c16-8-10-9-18-15(19-13(10)17)22-12-6-7-20(14(12)21)11-4-2-1-3-5-11/h1-5,9,12H,6-7H2,(H2,17,18,19). The molecule has 22 heavy (non-hydrogen) atoms. The number of para-hydroxylation sites is 1. The van der Waals surface area contributed by atoms with E-state index in [1.54, 1.807) is 4.90 Å². The molecule has 0 radical (unpaired) electrons. The second kappa shape index (κ2) is 6.03. The van der Waals surface area contributed by atoms with Gasteiger partial charge >= 0.3 is 0 Å².